The molecule has 0 radical (unpaired) electrons. The number of hydrogen-bond acceptors (Lipinski definition) is 5. The zero-order chi connectivity index (χ0) is 16.3. The van der Waals surface area contributed by atoms with Crippen molar-refractivity contribution in [2.24, 2.45) is 0 Å². The molecule has 0 bridgehead atoms. The fourth-order valence-electron chi connectivity index (χ4n) is 1.75. The number of nitrogens with one attached hydrogen (secondary N) is 1. The molecule has 2 aromatic rings. The number of rotatable bonds is 5. The Kier molecular flexibility index (Phi) is 4.94. The summed E-state index contributed by atoms with van der Waals surface area (Å²) in [6.07, 6.45) is 0. The summed E-state index contributed by atoms with van der Waals surface area (Å²) in [6, 6.07) is 5.85. The Bertz CT molecular complexity index is 765. The van der Waals surface area contributed by atoms with Crippen LogP contribution in [0.15, 0.2) is 34.5 Å². The van der Waals surface area contributed by atoms with E-state index in [0.717, 1.165) is 15.0 Å². The van der Waals surface area contributed by atoms with Gasteiger partial charge in [-0.1, -0.05) is 0 Å². The molecule has 0 aliphatic carbocycles. The first-order valence-corrected chi connectivity index (χ1v) is 8.84. The number of hydrogen-bond donors (Lipinski definition) is 1. The Morgan fingerprint density at radius 3 is 2.41 bits per heavy atom. The average molecular weight is 339 g/mol. The minimum atomic E-state index is -3.48. The Morgan fingerprint density at radius 1 is 1.27 bits per heavy atom. The van der Waals surface area contributed by atoms with Crippen LogP contribution in [-0.2, 0) is 16.6 Å². The molecular weight excluding hydrogens is 322 g/mol. The van der Waals surface area contributed by atoms with Crippen LogP contribution in [0.5, 0.6) is 0 Å². The summed E-state index contributed by atoms with van der Waals surface area (Å²) < 4.78 is 25.0. The van der Waals surface area contributed by atoms with E-state index in [1.165, 1.54) is 49.7 Å². The van der Waals surface area contributed by atoms with Gasteiger partial charge in [0, 0.05) is 25.0 Å². The van der Waals surface area contributed by atoms with Gasteiger partial charge in [-0.15, -0.1) is 11.3 Å². The van der Waals surface area contributed by atoms with Crippen LogP contribution in [0.25, 0.3) is 0 Å². The van der Waals surface area contributed by atoms with Gasteiger partial charge in [-0.3, -0.25) is 4.79 Å². The van der Waals surface area contributed by atoms with Crippen LogP contribution in [0.4, 0.5) is 0 Å². The highest BCUT2D eigenvalue weighted by molar-refractivity contribution is 7.89. The van der Waals surface area contributed by atoms with Gasteiger partial charge in [0.25, 0.3) is 5.91 Å². The monoisotopic (exact) mass is 339 g/mol. The van der Waals surface area contributed by atoms with Crippen molar-refractivity contribution in [1.29, 1.82) is 0 Å². The summed E-state index contributed by atoms with van der Waals surface area (Å²) in [6.45, 7) is 2.25. The lowest BCUT2D eigenvalue weighted by Gasteiger charge is -2.11. The third kappa shape index (κ3) is 3.70. The first-order valence-electron chi connectivity index (χ1n) is 6.52. The highest BCUT2D eigenvalue weighted by Crippen LogP contribution is 2.14. The molecule has 8 heteroatoms. The molecule has 1 aromatic heterocycles. The average Bonchev–Trinajstić information content (AvgIpc) is 2.90. The molecule has 0 aliphatic heterocycles. The van der Waals surface area contributed by atoms with E-state index in [1.54, 1.807) is 0 Å². The van der Waals surface area contributed by atoms with E-state index in [-0.39, 0.29) is 10.8 Å². The Labute approximate surface area is 133 Å². The van der Waals surface area contributed by atoms with Gasteiger partial charge in [0.05, 0.1) is 22.1 Å². The van der Waals surface area contributed by atoms with E-state index in [0.29, 0.717) is 12.1 Å². The number of aryl methyl sites for hydroxylation is 1. The van der Waals surface area contributed by atoms with Gasteiger partial charge in [-0.05, 0) is 31.2 Å². The first kappa shape index (κ1) is 16.6. The summed E-state index contributed by atoms with van der Waals surface area (Å²) in [7, 11) is -0.551. The summed E-state index contributed by atoms with van der Waals surface area (Å²) in [4.78, 5) is 16.4. The predicted octanol–water partition coefficient (Wildman–Crippen LogP) is 1.63. The molecule has 1 N–H and O–H groups in total. The van der Waals surface area contributed by atoms with Gasteiger partial charge in [-0.25, -0.2) is 17.7 Å². The standard InChI is InChI=1S/C14H17N3O3S2/c1-10-16-12(9-21-10)8-15-14(18)11-4-6-13(7-5-11)22(19,20)17(2)3/h4-7,9H,8H2,1-3H3,(H,15,18). The maximum absolute atomic E-state index is 12.0. The molecule has 0 fully saturated rings. The molecule has 0 aliphatic rings. The van der Waals surface area contributed by atoms with Crippen molar-refractivity contribution in [2.45, 2.75) is 18.4 Å². The largest absolute Gasteiger partial charge is 0.346 e. The molecule has 2 rings (SSSR count). The number of carbonyl (C=O) groups is 1. The van der Waals surface area contributed by atoms with Crippen molar-refractivity contribution in [3.63, 3.8) is 0 Å². The van der Waals surface area contributed by atoms with Gasteiger partial charge in [0.15, 0.2) is 0 Å². The third-order valence-electron chi connectivity index (χ3n) is 2.99. The minimum absolute atomic E-state index is 0.157. The maximum atomic E-state index is 12.0. The quantitative estimate of drug-likeness (QED) is 0.898. The zero-order valence-corrected chi connectivity index (χ0v) is 14.2. The van der Waals surface area contributed by atoms with Crippen molar-refractivity contribution in [3.05, 3.63) is 45.9 Å². The number of aromatic nitrogens is 1. The highest BCUT2D eigenvalue weighted by atomic mass is 32.2. The second-order valence-corrected chi connectivity index (χ2v) is 8.07. The van der Waals surface area contributed by atoms with Crippen LogP contribution < -0.4 is 5.32 Å². The Morgan fingerprint density at radius 2 is 1.91 bits per heavy atom. The fraction of sp³-hybridized carbons (Fsp3) is 0.286. The molecule has 0 saturated heterocycles. The molecule has 1 aromatic carbocycles. The molecule has 22 heavy (non-hydrogen) atoms. The molecule has 0 atom stereocenters. The SMILES string of the molecule is Cc1nc(CNC(=O)c2ccc(S(=O)(=O)N(C)C)cc2)cs1. The van der Waals surface area contributed by atoms with Gasteiger partial charge in [-0.2, -0.15) is 0 Å². The van der Waals surface area contributed by atoms with Crippen LogP contribution in [-0.4, -0.2) is 37.7 Å². The highest BCUT2D eigenvalue weighted by Gasteiger charge is 2.17. The zero-order valence-electron chi connectivity index (χ0n) is 12.5. The van der Waals surface area contributed by atoms with Gasteiger partial charge in [0.1, 0.15) is 0 Å². The fourth-order valence-corrected chi connectivity index (χ4v) is 3.27. The molecular formula is C14H17N3O3S2. The van der Waals surface area contributed by atoms with Crippen LogP contribution in [0.1, 0.15) is 21.1 Å². The van der Waals surface area contributed by atoms with E-state index >= 15 is 0 Å². The molecule has 0 saturated carbocycles. The number of nitrogens with zero attached hydrogens (tertiary/aromatic N) is 2. The van der Waals surface area contributed by atoms with Crippen LogP contribution >= 0.6 is 11.3 Å². The van der Waals surface area contributed by atoms with E-state index in [9.17, 15) is 13.2 Å². The smallest absolute Gasteiger partial charge is 0.251 e. The lowest BCUT2D eigenvalue weighted by atomic mass is 10.2. The topological polar surface area (TPSA) is 79.4 Å². The van der Waals surface area contributed by atoms with E-state index in [4.69, 9.17) is 0 Å². The molecule has 1 heterocycles. The molecule has 0 unspecified atom stereocenters. The Balaban J connectivity index is 2.05. The van der Waals surface area contributed by atoms with E-state index < -0.39 is 10.0 Å². The molecule has 118 valence electrons. The maximum Gasteiger partial charge on any atom is 0.251 e. The van der Waals surface area contributed by atoms with E-state index in [2.05, 4.69) is 10.3 Å². The van der Waals surface area contributed by atoms with Gasteiger partial charge in [0.2, 0.25) is 10.0 Å². The number of carbonyl (C=O) groups excluding carboxylic acids is 1. The van der Waals surface area contributed by atoms with Crippen LogP contribution in [0, 0.1) is 6.92 Å². The van der Waals surface area contributed by atoms with Crippen molar-refractivity contribution in [3.8, 4) is 0 Å². The van der Waals surface area contributed by atoms with Crippen LogP contribution in [0.2, 0.25) is 0 Å². The van der Waals surface area contributed by atoms with Crippen molar-refractivity contribution in [1.82, 2.24) is 14.6 Å². The van der Waals surface area contributed by atoms with Crippen molar-refractivity contribution < 1.29 is 13.2 Å². The van der Waals surface area contributed by atoms with Gasteiger partial charge >= 0.3 is 0 Å². The third-order valence-corrected chi connectivity index (χ3v) is 5.64. The van der Waals surface area contributed by atoms with Crippen LogP contribution in [0.3, 0.4) is 0 Å². The van der Waals surface area contributed by atoms with Crippen molar-refractivity contribution in [2.75, 3.05) is 14.1 Å². The number of amides is 1. The summed E-state index contributed by atoms with van der Waals surface area (Å²) in [5.41, 5.74) is 1.22. The molecule has 6 nitrogen and oxygen atoms in total. The second-order valence-electron chi connectivity index (χ2n) is 4.85. The van der Waals surface area contributed by atoms with E-state index in [1.807, 2.05) is 12.3 Å². The number of sulfonamides is 1. The Hall–Kier alpha value is -1.77. The lowest BCUT2D eigenvalue weighted by Crippen LogP contribution is -2.24. The lowest BCUT2D eigenvalue weighted by molar-refractivity contribution is 0.0950. The minimum Gasteiger partial charge on any atom is -0.346 e. The number of thiazole rings is 1. The van der Waals surface area contributed by atoms with Gasteiger partial charge < -0.3 is 5.32 Å². The first-order chi connectivity index (χ1) is 10.3. The summed E-state index contributed by atoms with van der Waals surface area (Å²) in [5.74, 6) is -0.264. The normalized spacial score (nSPS) is 11.6. The summed E-state index contributed by atoms with van der Waals surface area (Å²) >= 11 is 1.53. The molecule has 1 amide bonds. The molecule has 0 spiro atoms. The van der Waals surface area contributed by atoms with Crippen molar-refractivity contribution >= 4 is 27.3 Å². The number of benzene rings is 1. The second kappa shape index (κ2) is 6.55. The summed E-state index contributed by atoms with van der Waals surface area (Å²) in [5, 5.41) is 5.59. The predicted molar refractivity (Wildman–Crippen MR) is 85.3 cm³/mol.